The first-order chi connectivity index (χ1) is 15.0. The third kappa shape index (κ3) is 4.09. The Hall–Kier alpha value is -3.45. The van der Waals surface area contributed by atoms with Crippen LogP contribution in [-0.2, 0) is 25.6 Å². The fourth-order valence-electron chi connectivity index (χ4n) is 3.65. The van der Waals surface area contributed by atoms with E-state index >= 15 is 0 Å². The van der Waals surface area contributed by atoms with Crippen molar-refractivity contribution in [2.24, 2.45) is 0 Å². The molecule has 0 atom stereocenters. The van der Waals surface area contributed by atoms with Crippen LogP contribution in [0.2, 0.25) is 5.02 Å². The van der Waals surface area contributed by atoms with Crippen LogP contribution in [0.25, 0.3) is 0 Å². The van der Waals surface area contributed by atoms with Crippen molar-refractivity contribution < 1.29 is 28.5 Å². The second-order valence-electron chi connectivity index (χ2n) is 6.96. The fourth-order valence-corrected chi connectivity index (χ4v) is 3.85. The minimum absolute atomic E-state index is 0.120. The van der Waals surface area contributed by atoms with Gasteiger partial charge in [0, 0.05) is 24.0 Å². The van der Waals surface area contributed by atoms with Crippen molar-refractivity contribution in [3.63, 3.8) is 0 Å². The summed E-state index contributed by atoms with van der Waals surface area (Å²) in [7, 11) is 2.60. The fraction of sp³-hybridized carbons (Fsp3) is 0.217. The molecule has 0 radical (unpaired) electrons. The monoisotopic (exact) mass is 441 g/mol. The Morgan fingerprint density at radius 2 is 1.65 bits per heavy atom. The van der Waals surface area contributed by atoms with Gasteiger partial charge < -0.3 is 23.8 Å². The van der Waals surface area contributed by atoms with Crippen molar-refractivity contribution in [1.82, 2.24) is 4.90 Å². The third-order valence-electron chi connectivity index (χ3n) is 5.11. The average Bonchev–Trinajstić information content (AvgIpc) is 3.27. The lowest BCUT2D eigenvalue weighted by Crippen LogP contribution is -2.28. The molecular formula is C23H20ClNO6. The van der Waals surface area contributed by atoms with Gasteiger partial charge in [-0.15, -0.1) is 0 Å². The maximum Gasteiger partial charge on any atom is 0.336 e. The number of carbonyl (C=O) groups excluding carboxylic acids is 2. The van der Waals surface area contributed by atoms with E-state index in [1.165, 1.54) is 14.2 Å². The molecule has 0 aromatic heterocycles. The van der Waals surface area contributed by atoms with Gasteiger partial charge in [0.1, 0.15) is 0 Å². The summed E-state index contributed by atoms with van der Waals surface area (Å²) in [5, 5.41) is 0.585. The normalized spacial score (nSPS) is 15.3. The molecule has 7 nitrogen and oxygen atoms in total. The summed E-state index contributed by atoms with van der Waals surface area (Å²) >= 11 is 6.30. The highest BCUT2D eigenvalue weighted by Crippen LogP contribution is 2.42. The van der Waals surface area contributed by atoms with Crippen LogP contribution in [-0.4, -0.2) is 37.9 Å². The molecule has 0 bridgehead atoms. The molecule has 8 heteroatoms. The van der Waals surface area contributed by atoms with Crippen molar-refractivity contribution in [2.45, 2.75) is 12.5 Å². The number of methoxy groups -OCH3 is 2. The highest BCUT2D eigenvalue weighted by atomic mass is 35.5. The van der Waals surface area contributed by atoms with Gasteiger partial charge >= 0.3 is 11.9 Å². The first-order valence-electron chi connectivity index (χ1n) is 9.50. The van der Waals surface area contributed by atoms with Crippen molar-refractivity contribution in [1.29, 1.82) is 0 Å². The van der Waals surface area contributed by atoms with Gasteiger partial charge in [-0.1, -0.05) is 35.9 Å². The summed E-state index contributed by atoms with van der Waals surface area (Å²) in [4.78, 5) is 27.2. The van der Waals surface area contributed by atoms with Gasteiger partial charge in [0.25, 0.3) is 0 Å². The maximum atomic E-state index is 12.7. The number of ether oxygens (including phenoxy) is 4. The van der Waals surface area contributed by atoms with Gasteiger partial charge in [-0.05, 0) is 29.3 Å². The van der Waals surface area contributed by atoms with Crippen LogP contribution >= 0.6 is 11.6 Å². The second kappa shape index (κ2) is 8.73. The topological polar surface area (TPSA) is 74.3 Å². The standard InChI is InChI=1S/C23H20ClNO6/c1-28-22(26)16-11-25(10-15-5-3-4-6-18(15)24)12-17(23(27)29-2)21(16)14-7-8-19-20(9-14)31-13-30-19/h3-9,11-12,21H,10,13H2,1-2H3. The zero-order valence-electron chi connectivity index (χ0n) is 17.0. The number of hydrogen-bond acceptors (Lipinski definition) is 7. The number of nitrogens with zero attached hydrogens (tertiary/aromatic N) is 1. The number of halogens is 1. The summed E-state index contributed by atoms with van der Waals surface area (Å²) < 4.78 is 20.9. The number of benzene rings is 2. The molecular weight excluding hydrogens is 422 g/mol. The SMILES string of the molecule is COC(=O)C1=CN(Cc2ccccc2Cl)C=C(C(=O)OC)C1c1ccc2c(c1)OCO2. The number of rotatable bonds is 5. The zero-order valence-corrected chi connectivity index (χ0v) is 17.7. The predicted octanol–water partition coefficient (Wildman–Crippen LogP) is 3.78. The van der Waals surface area contributed by atoms with E-state index in [9.17, 15) is 9.59 Å². The average molecular weight is 442 g/mol. The van der Waals surface area contributed by atoms with E-state index in [-0.39, 0.29) is 17.9 Å². The number of esters is 2. The van der Waals surface area contributed by atoms with Crippen molar-refractivity contribution in [3.05, 3.63) is 82.2 Å². The summed E-state index contributed by atoms with van der Waals surface area (Å²) in [6, 6.07) is 12.7. The predicted molar refractivity (Wildman–Crippen MR) is 112 cm³/mol. The molecule has 0 fully saturated rings. The van der Waals surface area contributed by atoms with Crippen LogP contribution < -0.4 is 9.47 Å². The van der Waals surface area contributed by atoms with Crippen LogP contribution in [0.15, 0.2) is 66.0 Å². The van der Waals surface area contributed by atoms with Crippen molar-refractivity contribution in [3.8, 4) is 11.5 Å². The van der Waals surface area contributed by atoms with Gasteiger partial charge in [0.15, 0.2) is 11.5 Å². The summed E-state index contributed by atoms with van der Waals surface area (Å²) in [5.41, 5.74) is 2.09. The molecule has 0 amide bonds. The molecule has 4 rings (SSSR count). The molecule has 0 aliphatic carbocycles. The van der Waals surface area contributed by atoms with Crippen LogP contribution in [0, 0.1) is 0 Å². The molecule has 2 heterocycles. The van der Waals surface area contributed by atoms with Crippen LogP contribution in [0.4, 0.5) is 0 Å². The first kappa shape index (κ1) is 20.8. The molecule has 0 saturated carbocycles. The quantitative estimate of drug-likeness (QED) is 0.653. The molecule has 2 aliphatic heterocycles. The molecule has 2 aliphatic rings. The van der Waals surface area contributed by atoms with Crippen LogP contribution in [0.1, 0.15) is 17.0 Å². The highest BCUT2D eigenvalue weighted by molar-refractivity contribution is 6.31. The van der Waals surface area contributed by atoms with Crippen LogP contribution in [0.3, 0.4) is 0 Å². The molecule has 2 aromatic carbocycles. The smallest absolute Gasteiger partial charge is 0.336 e. The third-order valence-corrected chi connectivity index (χ3v) is 5.48. The van der Waals surface area contributed by atoms with E-state index in [0.29, 0.717) is 28.6 Å². The molecule has 0 N–H and O–H groups in total. The largest absolute Gasteiger partial charge is 0.466 e. The zero-order chi connectivity index (χ0) is 22.0. The molecule has 160 valence electrons. The maximum absolute atomic E-state index is 12.7. The van der Waals surface area contributed by atoms with E-state index in [0.717, 1.165) is 5.56 Å². The minimum Gasteiger partial charge on any atom is -0.466 e. The van der Waals surface area contributed by atoms with E-state index < -0.39 is 17.9 Å². The Balaban J connectivity index is 1.79. The Morgan fingerprint density at radius 3 is 2.29 bits per heavy atom. The van der Waals surface area contributed by atoms with E-state index in [1.807, 2.05) is 18.2 Å². The van der Waals surface area contributed by atoms with Gasteiger partial charge in [-0.25, -0.2) is 9.59 Å². The van der Waals surface area contributed by atoms with E-state index in [4.69, 9.17) is 30.5 Å². The van der Waals surface area contributed by atoms with E-state index in [1.54, 1.807) is 41.6 Å². The Bertz CT molecular complexity index is 1060. The Kier molecular flexibility index (Phi) is 5.86. The Labute approximate surface area is 184 Å². The van der Waals surface area contributed by atoms with Crippen molar-refractivity contribution >= 4 is 23.5 Å². The lowest BCUT2D eigenvalue weighted by Gasteiger charge is -2.30. The molecule has 2 aromatic rings. The van der Waals surface area contributed by atoms with Crippen LogP contribution in [0.5, 0.6) is 11.5 Å². The molecule has 0 unspecified atom stereocenters. The lowest BCUT2D eigenvalue weighted by atomic mass is 9.83. The molecule has 0 saturated heterocycles. The molecule has 31 heavy (non-hydrogen) atoms. The van der Waals surface area contributed by atoms with Gasteiger partial charge in [0.05, 0.1) is 31.3 Å². The highest BCUT2D eigenvalue weighted by Gasteiger charge is 2.36. The van der Waals surface area contributed by atoms with Gasteiger partial charge in [0.2, 0.25) is 6.79 Å². The van der Waals surface area contributed by atoms with Crippen molar-refractivity contribution in [2.75, 3.05) is 21.0 Å². The molecule has 0 spiro atoms. The number of carbonyl (C=O) groups is 2. The summed E-state index contributed by atoms with van der Waals surface area (Å²) in [6.07, 6.45) is 3.33. The Morgan fingerprint density at radius 1 is 1.00 bits per heavy atom. The second-order valence-corrected chi connectivity index (χ2v) is 7.37. The minimum atomic E-state index is -0.697. The van der Waals surface area contributed by atoms with Gasteiger partial charge in [-0.2, -0.15) is 0 Å². The lowest BCUT2D eigenvalue weighted by molar-refractivity contribution is -0.137. The summed E-state index contributed by atoms with van der Waals surface area (Å²) in [6.45, 7) is 0.475. The van der Waals surface area contributed by atoms with E-state index in [2.05, 4.69) is 0 Å². The number of hydrogen-bond donors (Lipinski definition) is 0. The summed E-state index contributed by atoms with van der Waals surface area (Å²) in [5.74, 6) is -0.656. The first-order valence-corrected chi connectivity index (χ1v) is 9.88. The number of fused-ring (bicyclic) bond motifs is 1. The van der Waals surface area contributed by atoms with Gasteiger partial charge in [-0.3, -0.25) is 0 Å².